The molecule has 0 saturated heterocycles. The highest BCUT2D eigenvalue weighted by molar-refractivity contribution is 9.10. The van der Waals surface area contributed by atoms with E-state index in [1.54, 1.807) is 6.07 Å². The zero-order chi connectivity index (χ0) is 14.0. The fraction of sp³-hybridized carbons (Fsp3) is 0.385. The third-order valence-electron chi connectivity index (χ3n) is 2.64. The molecule has 1 aromatic carbocycles. The lowest BCUT2D eigenvalue weighted by Gasteiger charge is -2.19. The van der Waals surface area contributed by atoms with E-state index in [-0.39, 0.29) is 0 Å². The second-order valence-electron chi connectivity index (χ2n) is 4.64. The molecule has 0 radical (unpaired) electrons. The summed E-state index contributed by atoms with van der Waals surface area (Å²) in [7, 11) is 0. The van der Waals surface area contributed by atoms with Gasteiger partial charge in [-0.25, -0.2) is 0 Å². The van der Waals surface area contributed by atoms with E-state index in [1.165, 1.54) is 0 Å². The molecule has 0 fully saturated rings. The molecule has 0 spiro atoms. The topological polar surface area (TPSA) is 74.2 Å². The van der Waals surface area contributed by atoms with E-state index >= 15 is 0 Å². The van der Waals surface area contributed by atoms with E-state index in [4.69, 9.17) is 15.0 Å². The second kappa shape index (κ2) is 5.30. The van der Waals surface area contributed by atoms with Gasteiger partial charge in [-0.15, -0.1) is 0 Å². The fourth-order valence-corrected chi connectivity index (χ4v) is 2.26. The zero-order valence-corrected chi connectivity index (χ0v) is 12.7. The third kappa shape index (κ3) is 3.13. The molecule has 0 unspecified atom stereocenters. The van der Waals surface area contributed by atoms with Crippen LogP contribution in [0.15, 0.2) is 27.2 Å². The molecule has 5 nitrogen and oxygen atoms in total. The van der Waals surface area contributed by atoms with Crippen molar-refractivity contribution in [3.05, 3.63) is 28.5 Å². The maximum atomic E-state index is 5.79. The molecule has 0 saturated carbocycles. The second-order valence-corrected chi connectivity index (χ2v) is 5.56. The lowest BCUT2D eigenvalue weighted by Crippen LogP contribution is -2.23. The van der Waals surface area contributed by atoms with Crippen molar-refractivity contribution in [1.82, 2.24) is 10.1 Å². The van der Waals surface area contributed by atoms with E-state index < -0.39 is 5.60 Å². The highest BCUT2D eigenvalue weighted by Gasteiger charge is 2.27. The SMILES string of the molecule is CCOC(C)(C)c1noc(-c2cc(N)cc(Br)c2)n1. The number of hydrogen-bond donors (Lipinski definition) is 1. The van der Waals surface area contributed by atoms with Crippen molar-refractivity contribution in [3.63, 3.8) is 0 Å². The fourth-order valence-electron chi connectivity index (χ4n) is 1.75. The predicted molar refractivity (Wildman–Crippen MR) is 76.5 cm³/mol. The summed E-state index contributed by atoms with van der Waals surface area (Å²) >= 11 is 3.39. The Kier molecular flexibility index (Phi) is 3.91. The van der Waals surface area contributed by atoms with Crippen LogP contribution in [-0.2, 0) is 10.3 Å². The molecule has 2 aromatic rings. The molecular weight excluding hydrogens is 310 g/mol. The van der Waals surface area contributed by atoms with Gasteiger partial charge in [0.2, 0.25) is 5.82 Å². The Labute approximate surface area is 120 Å². The summed E-state index contributed by atoms with van der Waals surface area (Å²) in [6, 6.07) is 5.47. The van der Waals surface area contributed by atoms with Crippen LogP contribution in [0.3, 0.4) is 0 Å². The Bertz CT molecular complexity index is 561. The van der Waals surface area contributed by atoms with Gasteiger partial charge in [-0.1, -0.05) is 21.1 Å². The maximum absolute atomic E-state index is 5.79. The summed E-state index contributed by atoms with van der Waals surface area (Å²) in [6.45, 7) is 6.32. The molecule has 2 N–H and O–H groups in total. The van der Waals surface area contributed by atoms with Gasteiger partial charge in [0.1, 0.15) is 5.60 Å². The van der Waals surface area contributed by atoms with E-state index in [0.717, 1.165) is 10.0 Å². The number of halogens is 1. The molecule has 0 atom stereocenters. The predicted octanol–water partition coefficient (Wildman–Crippen LogP) is 3.35. The first-order chi connectivity index (χ1) is 8.92. The van der Waals surface area contributed by atoms with Crippen LogP contribution in [0.25, 0.3) is 11.5 Å². The van der Waals surface area contributed by atoms with Gasteiger partial charge in [-0.05, 0) is 39.0 Å². The first-order valence-electron chi connectivity index (χ1n) is 5.97. The van der Waals surface area contributed by atoms with Gasteiger partial charge in [0.25, 0.3) is 5.89 Å². The number of rotatable bonds is 4. The Balaban J connectivity index is 2.35. The number of hydrogen-bond acceptors (Lipinski definition) is 5. The lowest BCUT2D eigenvalue weighted by molar-refractivity contribution is -0.0221. The van der Waals surface area contributed by atoms with Crippen molar-refractivity contribution in [2.24, 2.45) is 0 Å². The molecule has 1 aromatic heterocycles. The number of nitrogens with zero attached hydrogens (tertiary/aromatic N) is 2. The third-order valence-corrected chi connectivity index (χ3v) is 3.09. The number of ether oxygens (including phenoxy) is 1. The molecule has 0 aliphatic carbocycles. The highest BCUT2D eigenvalue weighted by Crippen LogP contribution is 2.28. The molecule has 0 aliphatic rings. The van der Waals surface area contributed by atoms with Crippen molar-refractivity contribution in [2.75, 3.05) is 12.3 Å². The van der Waals surface area contributed by atoms with Crippen molar-refractivity contribution in [1.29, 1.82) is 0 Å². The van der Waals surface area contributed by atoms with Gasteiger partial charge in [0.05, 0.1) is 0 Å². The molecular formula is C13H16BrN3O2. The van der Waals surface area contributed by atoms with Crippen molar-refractivity contribution >= 4 is 21.6 Å². The number of nitrogens with two attached hydrogens (primary N) is 1. The van der Waals surface area contributed by atoms with E-state index in [1.807, 2.05) is 32.9 Å². The first-order valence-corrected chi connectivity index (χ1v) is 6.76. The van der Waals surface area contributed by atoms with E-state index in [9.17, 15) is 0 Å². The minimum atomic E-state index is -0.575. The van der Waals surface area contributed by atoms with Gasteiger partial charge >= 0.3 is 0 Å². The zero-order valence-electron chi connectivity index (χ0n) is 11.1. The van der Waals surface area contributed by atoms with Gasteiger partial charge in [0.15, 0.2) is 0 Å². The summed E-state index contributed by atoms with van der Waals surface area (Å²) in [5, 5.41) is 3.97. The van der Waals surface area contributed by atoms with Gasteiger partial charge in [0, 0.05) is 22.3 Å². The van der Waals surface area contributed by atoms with Crippen LogP contribution >= 0.6 is 15.9 Å². The van der Waals surface area contributed by atoms with Gasteiger partial charge in [-0.3, -0.25) is 0 Å². The summed E-state index contributed by atoms with van der Waals surface area (Å²) in [4.78, 5) is 4.37. The standard InChI is InChI=1S/C13H16BrN3O2/c1-4-18-13(2,3)12-16-11(19-17-12)8-5-9(14)7-10(15)6-8/h5-7H,4,15H2,1-3H3. The Morgan fingerprint density at radius 3 is 2.74 bits per heavy atom. The number of nitrogen functional groups attached to an aromatic ring is 1. The Hall–Kier alpha value is -1.40. The normalized spacial score (nSPS) is 11.8. The summed E-state index contributed by atoms with van der Waals surface area (Å²) < 4.78 is 11.7. The molecule has 2 rings (SSSR count). The maximum Gasteiger partial charge on any atom is 0.258 e. The lowest BCUT2D eigenvalue weighted by atomic mass is 10.1. The van der Waals surface area contributed by atoms with Crippen LogP contribution in [0, 0.1) is 0 Å². The van der Waals surface area contributed by atoms with Crippen LogP contribution in [0.4, 0.5) is 5.69 Å². The summed E-state index contributed by atoms with van der Waals surface area (Å²) in [5.41, 5.74) is 6.63. The van der Waals surface area contributed by atoms with E-state index in [0.29, 0.717) is 24.0 Å². The number of aromatic nitrogens is 2. The van der Waals surface area contributed by atoms with Crippen LogP contribution in [0.1, 0.15) is 26.6 Å². The average Bonchev–Trinajstić information content (AvgIpc) is 2.77. The highest BCUT2D eigenvalue weighted by atomic mass is 79.9. The molecule has 19 heavy (non-hydrogen) atoms. The monoisotopic (exact) mass is 325 g/mol. The number of benzene rings is 1. The van der Waals surface area contributed by atoms with E-state index in [2.05, 4.69) is 26.1 Å². The van der Waals surface area contributed by atoms with Crippen molar-refractivity contribution in [2.45, 2.75) is 26.4 Å². The molecule has 102 valence electrons. The number of anilines is 1. The smallest absolute Gasteiger partial charge is 0.258 e. The van der Waals surface area contributed by atoms with Crippen molar-refractivity contribution < 1.29 is 9.26 Å². The Morgan fingerprint density at radius 2 is 2.11 bits per heavy atom. The quantitative estimate of drug-likeness (QED) is 0.872. The molecule has 0 amide bonds. The molecule has 1 heterocycles. The van der Waals surface area contributed by atoms with Crippen LogP contribution in [0.5, 0.6) is 0 Å². The minimum absolute atomic E-state index is 0.427. The molecule has 6 heteroatoms. The van der Waals surface area contributed by atoms with Gasteiger partial charge < -0.3 is 15.0 Å². The molecule has 0 aliphatic heterocycles. The Morgan fingerprint density at radius 1 is 1.37 bits per heavy atom. The first kappa shape index (κ1) is 14.0. The van der Waals surface area contributed by atoms with Crippen LogP contribution in [0.2, 0.25) is 0 Å². The van der Waals surface area contributed by atoms with Crippen molar-refractivity contribution in [3.8, 4) is 11.5 Å². The summed E-state index contributed by atoms with van der Waals surface area (Å²) in [5.74, 6) is 0.943. The molecule has 0 bridgehead atoms. The van der Waals surface area contributed by atoms with Crippen LogP contribution in [-0.4, -0.2) is 16.7 Å². The minimum Gasteiger partial charge on any atom is -0.399 e. The van der Waals surface area contributed by atoms with Gasteiger partial charge in [-0.2, -0.15) is 4.98 Å². The average molecular weight is 326 g/mol. The largest absolute Gasteiger partial charge is 0.399 e. The van der Waals surface area contributed by atoms with Crippen LogP contribution < -0.4 is 5.73 Å². The summed E-state index contributed by atoms with van der Waals surface area (Å²) in [6.07, 6.45) is 0.